The summed E-state index contributed by atoms with van der Waals surface area (Å²) in [6, 6.07) is 5.00. The summed E-state index contributed by atoms with van der Waals surface area (Å²) >= 11 is 1.77. The number of sulfonamides is 1. The van der Waals surface area contributed by atoms with Gasteiger partial charge in [0.15, 0.2) is 0 Å². The van der Waals surface area contributed by atoms with Crippen molar-refractivity contribution in [1.29, 1.82) is 0 Å². The monoisotopic (exact) mass is 272 g/mol. The van der Waals surface area contributed by atoms with Crippen LogP contribution in [0.4, 0.5) is 5.69 Å². The molecule has 94 valence electrons. The van der Waals surface area contributed by atoms with Gasteiger partial charge in [-0.25, -0.2) is 13.1 Å². The second-order valence-corrected chi connectivity index (χ2v) is 7.04. The molecule has 0 amide bonds. The van der Waals surface area contributed by atoms with Gasteiger partial charge in [0.2, 0.25) is 10.0 Å². The molecule has 1 aliphatic heterocycles. The molecular weight excluding hydrogens is 256 g/mol. The van der Waals surface area contributed by atoms with Crippen LogP contribution in [0, 0.1) is 6.92 Å². The molecule has 1 unspecified atom stereocenters. The fraction of sp³-hybridized carbons (Fsp3) is 0.455. The van der Waals surface area contributed by atoms with Crippen LogP contribution < -0.4 is 10.5 Å². The maximum atomic E-state index is 12.2. The molecule has 3 N–H and O–H groups in total. The number of anilines is 1. The Labute approximate surface area is 106 Å². The summed E-state index contributed by atoms with van der Waals surface area (Å²) in [6.45, 7) is 1.78. The van der Waals surface area contributed by atoms with Gasteiger partial charge in [-0.2, -0.15) is 11.8 Å². The predicted octanol–water partition coefficient (Wildman–Crippen LogP) is 1.36. The Kier molecular flexibility index (Phi) is 3.65. The largest absolute Gasteiger partial charge is 0.399 e. The lowest BCUT2D eigenvalue weighted by atomic mass is 10.2. The molecule has 0 aromatic heterocycles. The Morgan fingerprint density at radius 1 is 1.47 bits per heavy atom. The van der Waals surface area contributed by atoms with Crippen LogP contribution in [0.15, 0.2) is 23.1 Å². The average Bonchev–Trinajstić information content (AvgIpc) is 2.73. The molecule has 0 bridgehead atoms. The van der Waals surface area contributed by atoms with Gasteiger partial charge in [0.05, 0.1) is 4.90 Å². The summed E-state index contributed by atoms with van der Waals surface area (Å²) in [7, 11) is -3.44. The van der Waals surface area contributed by atoms with Gasteiger partial charge in [-0.05, 0) is 36.8 Å². The van der Waals surface area contributed by atoms with Crippen LogP contribution in [0.5, 0.6) is 0 Å². The number of rotatable bonds is 3. The number of benzene rings is 1. The van der Waals surface area contributed by atoms with Crippen molar-refractivity contribution < 1.29 is 8.42 Å². The number of nitrogen functional groups attached to an aromatic ring is 1. The van der Waals surface area contributed by atoms with E-state index in [4.69, 9.17) is 5.73 Å². The van der Waals surface area contributed by atoms with Gasteiger partial charge in [0.1, 0.15) is 0 Å². The summed E-state index contributed by atoms with van der Waals surface area (Å²) in [5.74, 6) is 1.86. The minimum absolute atomic E-state index is 0.0471. The molecule has 17 heavy (non-hydrogen) atoms. The fourth-order valence-corrected chi connectivity index (χ4v) is 4.62. The molecule has 1 aromatic carbocycles. The Bertz CT molecular complexity index is 508. The molecule has 0 aliphatic carbocycles. The quantitative estimate of drug-likeness (QED) is 0.815. The molecule has 0 spiro atoms. The van der Waals surface area contributed by atoms with Crippen molar-refractivity contribution in [3.05, 3.63) is 23.8 Å². The van der Waals surface area contributed by atoms with E-state index in [1.807, 2.05) is 0 Å². The molecule has 1 atom stereocenters. The van der Waals surface area contributed by atoms with E-state index in [1.54, 1.807) is 30.8 Å². The first-order chi connectivity index (χ1) is 7.99. The van der Waals surface area contributed by atoms with E-state index >= 15 is 0 Å². The van der Waals surface area contributed by atoms with Crippen molar-refractivity contribution in [1.82, 2.24) is 4.72 Å². The van der Waals surface area contributed by atoms with Crippen molar-refractivity contribution in [2.45, 2.75) is 24.3 Å². The first kappa shape index (κ1) is 12.7. The van der Waals surface area contributed by atoms with Crippen LogP contribution in [0.2, 0.25) is 0 Å². The smallest absolute Gasteiger partial charge is 0.241 e. The van der Waals surface area contributed by atoms with Gasteiger partial charge in [-0.1, -0.05) is 6.07 Å². The van der Waals surface area contributed by atoms with E-state index < -0.39 is 10.0 Å². The number of hydrogen-bond donors (Lipinski definition) is 2. The highest BCUT2D eigenvalue weighted by atomic mass is 32.2. The van der Waals surface area contributed by atoms with Gasteiger partial charge >= 0.3 is 0 Å². The third-order valence-electron chi connectivity index (χ3n) is 2.75. The van der Waals surface area contributed by atoms with E-state index in [9.17, 15) is 8.42 Å². The van der Waals surface area contributed by atoms with Crippen molar-refractivity contribution in [2.75, 3.05) is 17.2 Å². The van der Waals surface area contributed by atoms with Gasteiger partial charge in [-0.15, -0.1) is 0 Å². The lowest BCUT2D eigenvalue weighted by molar-refractivity contribution is 0.562. The van der Waals surface area contributed by atoms with E-state index in [2.05, 4.69) is 4.72 Å². The van der Waals surface area contributed by atoms with Gasteiger partial charge in [-0.3, -0.25) is 0 Å². The molecule has 1 fully saturated rings. The highest BCUT2D eigenvalue weighted by molar-refractivity contribution is 7.99. The Morgan fingerprint density at radius 3 is 2.88 bits per heavy atom. The van der Waals surface area contributed by atoms with Gasteiger partial charge < -0.3 is 5.73 Å². The van der Waals surface area contributed by atoms with Crippen LogP contribution >= 0.6 is 11.8 Å². The summed E-state index contributed by atoms with van der Waals surface area (Å²) < 4.78 is 27.1. The minimum Gasteiger partial charge on any atom is -0.399 e. The second kappa shape index (κ2) is 4.88. The van der Waals surface area contributed by atoms with E-state index in [-0.39, 0.29) is 10.9 Å². The molecule has 1 saturated heterocycles. The standard InChI is InChI=1S/C11H16N2O2S2/c1-8-2-3-9(12)6-11(8)17(14,15)13-10-4-5-16-7-10/h2-3,6,10,13H,4-5,7,12H2,1H3. The maximum absolute atomic E-state index is 12.2. The third-order valence-corrected chi connectivity index (χ3v) is 5.58. The SMILES string of the molecule is Cc1ccc(N)cc1S(=O)(=O)NC1CCSC1. The summed E-state index contributed by atoms with van der Waals surface area (Å²) in [6.07, 6.45) is 0.894. The van der Waals surface area contributed by atoms with Crippen molar-refractivity contribution in [3.63, 3.8) is 0 Å². The van der Waals surface area contributed by atoms with Crippen LogP contribution in [0.1, 0.15) is 12.0 Å². The number of nitrogens with one attached hydrogen (secondary N) is 1. The van der Waals surface area contributed by atoms with Gasteiger partial charge in [0, 0.05) is 17.5 Å². The molecule has 2 rings (SSSR count). The number of hydrogen-bond acceptors (Lipinski definition) is 4. The number of thioether (sulfide) groups is 1. The van der Waals surface area contributed by atoms with E-state index in [0.29, 0.717) is 5.69 Å². The Morgan fingerprint density at radius 2 is 2.24 bits per heavy atom. The van der Waals surface area contributed by atoms with Crippen LogP contribution in [-0.4, -0.2) is 26.0 Å². The normalized spacial score (nSPS) is 20.6. The molecule has 6 heteroatoms. The number of aryl methyl sites for hydroxylation is 1. The van der Waals surface area contributed by atoms with Crippen molar-refractivity contribution in [3.8, 4) is 0 Å². The molecule has 1 aromatic rings. The molecule has 4 nitrogen and oxygen atoms in total. The Hall–Kier alpha value is -0.720. The predicted molar refractivity (Wildman–Crippen MR) is 71.6 cm³/mol. The van der Waals surface area contributed by atoms with Crippen LogP contribution in [0.25, 0.3) is 0 Å². The fourth-order valence-electron chi connectivity index (χ4n) is 1.82. The van der Waals surface area contributed by atoms with E-state index in [1.165, 1.54) is 6.07 Å². The molecular formula is C11H16N2O2S2. The van der Waals surface area contributed by atoms with E-state index in [0.717, 1.165) is 23.5 Å². The molecule has 0 radical (unpaired) electrons. The molecule has 1 heterocycles. The van der Waals surface area contributed by atoms with Gasteiger partial charge in [0.25, 0.3) is 0 Å². The third kappa shape index (κ3) is 2.94. The average molecular weight is 272 g/mol. The topological polar surface area (TPSA) is 72.2 Å². The highest BCUT2D eigenvalue weighted by Gasteiger charge is 2.24. The zero-order chi connectivity index (χ0) is 12.5. The highest BCUT2D eigenvalue weighted by Crippen LogP contribution is 2.22. The second-order valence-electron chi connectivity index (χ2n) is 4.21. The molecule has 1 aliphatic rings. The van der Waals surface area contributed by atoms with Crippen molar-refractivity contribution >= 4 is 27.5 Å². The zero-order valence-electron chi connectivity index (χ0n) is 9.64. The lowest BCUT2D eigenvalue weighted by Crippen LogP contribution is -2.35. The summed E-state index contributed by atoms with van der Waals surface area (Å²) in [4.78, 5) is 0.286. The van der Waals surface area contributed by atoms with Crippen molar-refractivity contribution in [2.24, 2.45) is 0 Å². The maximum Gasteiger partial charge on any atom is 0.241 e. The summed E-state index contributed by atoms with van der Waals surface area (Å²) in [5, 5.41) is 0. The Balaban J connectivity index is 2.27. The van der Waals surface area contributed by atoms with Crippen LogP contribution in [-0.2, 0) is 10.0 Å². The summed E-state index contributed by atoms with van der Waals surface area (Å²) in [5.41, 5.74) is 6.82. The zero-order valence-corrected chi connectivity index (χ0v) is 11.3. The minimum atomic E-state index is -3.44. The van der Waals surface area contributed by atoms with Crippen LogP contribution in [0.3, 0.4) is 0 Å². The first-order valence-corrected chi connectivity index (χ1v) is 8.09. The lowest BCUT2D eigenvalue weighted by Gasteiger charge is -2.14. The molecule has 0 saturated carbocycles. The first-order valence-electron chi connectivity index (χ1n) is 5.45. The number of nitrogens with two attached hydrogens (primary N) is 1.